The maximum atomic E-state index is 13.2. The molecule has 7 nitrogen and oxygen atoms in total. The first kappa shape index (κ1) is 22.0. The maximum Gasteiger partial charge on any atom is 0.274 e. The molecule has 2 heterocycles. The van der Waals surface area contributed by atoms with Crippen molar-refractivity contribution in [3.8, 4) is 5.69 Å². The highest BCUT2D eigenvalue weighted by molar-refractivity contribution is 6.30. The van der Waals surface area contributed by atoms with Gasteiger partial charge in [-0.05, 0) is 29.8 Å². The van der Waals surface area contributed by atoms with Crippen LogP contribution in [0.5, 0.6) is 0 Å². The van der Waals surface area contributed by atoms with Crippen LogP contribution in [0.2, 0.25) is 5.02 Å². The minimum absolute atomic E-state index is 0.127. The van der Waals surface area contributed by atoms with Gasteiger partial charge in [-0.1, -0.05) is 48.9 Å². The molecule has 1 aliphatic heterocycles. The summed E-state index contributed by atoms with van der Waals surface area (Å²) in [5, 5.41) is 8.10. The minimum Gasteiger partial charge on any atom is -0.335 e. The molecule has 1 saturated heterocycles. The molecular weight excluding hydrogens is 426 g/mol. The van der Waals surface area contributed by atoms with Crippen molar-refractivity contribution >= 4 is 29.2 Å². The van der Waals surface area contributed by atoms with E-state index in [1.54, 1.807) is 17.7 Å². The quantitative estimate of drug-likeness (QED) is 0.618. The van der Waals surface area contributed by atoms with E-state index in [1.807, 2.05) is 59.5 Å². The van der Waals surface area contributed by atoms with Gasteiger partial charge in [0.1, 0.15) is 5.82 Å². The molecule has 0 spiro atoms. The second-order valence-electron chi connectivity index (χ2n) is 7.76. The van der Waals surface area contributed by atoms with Crippen molar-refractivity contribution < 1.29 is 9.59 Å². The highest BCUT2D eigenvalue weighted by Gasteiger charge is 2.25. The number of carbonyl (C=O) groups is 2. The highest BCUT2D eigenvalue weighted by atomic mass is 35.5. The van der Waals surface area contributed by atoms with Crippen LogP contribution in [0.1, 0.15) is 29.4 Å². The third-order valence-electron chi connectivity index (χ3n) is 5.50. The lowest BCUT2D eigenvalue weighted by atomic mass is 10.2. The number of nitrogens with one attached hydrogen (secondary N) is 1. The Hall–Kier alpha value is -3.16. The van der Waals surface area contributed by atoms with Crippen LogP contribution in [0.4, 0.5) is 5.82 Å². The Morgan fingerprint density at radius 2 is 1.69 bits per heavy atom. The van der Waals surface area contributed by atoms with E-state index in [2.05, 4.69) is 15.3 Å². The van der Waals surface area contributed by atoms with Crippen LogP contribution in [0, 0.1) is 0 Å². The van der Waals surface area contributed by atoms with Crippen LogP contribution in [-0.4, -0.2) is 57.6 Å². The lowest BCUT2D eigenvalue weighted by Crippen LogP contribution is -2.48. The molecule has 3 aromatic rings. The molecule has 0 atom stereocenters. The fourth-order valence-electron chi connectivity index (χ4n) is 3.69. The number of anilines is 1. The van der Waals surface area contributed by atoms with Crippen molar-refractivity contribution in [1.82, 2.24) is 19.6 Å². The van der Waals surface area contributed by atoms with E-state index >= 15 is 0 Å². The zero-order valence-corrected chi connectivity index (χ0v) is 18.8. The third kappa shape index (κ3) is 5.18. The molecule has 1 aliphatic rings. The smallest absolute Gasteiger partial charge is 0.274 e. The predicted octanol–water partition coefficient (Wildman–Crippen LogP) is 3.83. The van der Waals surface area contributed by atoms with E-state index in [1.165, 1.54) is 5.56 Å². The number of hydrogen-bond donors (Lipinski definition) is 1. The number of piperazine rings is 1. The molecule has 0 radical (unpaired) electrons. The molecule has 0 aliphatic carbocycles. The van der Waals surface area contributed by atoms with E-state index < -0.39 is 0 Å². The summed E-state index contributed by atoms with van der Waals surface area (Å²) < 4.78 is 1.61. The highest BCUT2D eigenvalue weighted by Crippen LogP contribution is 2.20. The molecule has 2 aromatic carbocycles. The molecule has 1 N–H and O–H groups in total. The molecule has 1 aromatic heterocycles. The van der Waals surface area contributed by atoms with Gasteiger partial charge in [0.15, 0.2) is 5.69 Å². The van der Waals surface area contributed by atoms with Crippen LogP contribution in [-0.2, 0) is 11.3 Å². The summed E-state index contributed by atoms with van der Waals surface area (Å²) in [4.78, 5) is 29.3. The monoisotopic (exact) mass is 451 g/mol. The van der Waals surface area contributed by atoms with Crippen molar-refractivity contribution in [3.63, 3.8) is 0 Å². The number of benzene rings is 2. The van der Waals surface area contributed by atoms with Crippen molar-refractivity contribution in [1.29, 1.82) is 0 Å². The van der Waals surface area contributed by atoms with E-state index in [-0.39, 0.29) is 11.8 Å². The van der Waals surface area contributed by atoms with Gasteiger partial charge in [0.2, 0.25) is 5.91 Å². The van der Waals surface area contributed by atoms with E-state index in [0.29, 0.717) is 31.0 Å². The molecule has 0 unspecified atom stereocenters. The van der Waals surface area contributed by atoms with Gasteiger partial charge >= 0.3 is 0 Å². The predicted molar refractivity (Wildman–Crippen MR) is 125 cm³/mol. The van der Waals surface area contributed by atoms with Crippen LogP contribution in [0.25, 0.3) is 5.69 Å². The average Bonchev–Trinajstić information content (AvgIpc) is 3.24. The lowest BCUT2D eigenvalue weighted by molar-refractivity contribution is -0.115. The Balaban J connectivity index is 1.45. The SMILES string of the molecule is CCC(=O)Nc1cc(C(=O)N2CCN(Cc3ccc(Cl)cc3)CC2)nn1-c1ccccc1. The maximum absolute atomic E-state index is 13.2. The Morgan fingerprint density at radius 1 is 1.00 bits per heavy atom. The van der Waals surface area contributed by atoms with Gasteiger partial charge in [-0.2, -0.15) is 5.10 Å². The number of para-hydroxylation sites is 1. The molecule has 8 heteroatoms. The van der Waals surface area contributed by atoms with E-state index in [0.717, 1.165) is 30.3 Å². The van der Waals surface area contributed by atoms with Crippen LogP contribution in [0.3, 0.4) is 0 Å². The zero-order chi connectivity index (χ0) is 22.5. The van der Waals surface area contributed by atoms with Gasteiger partial charge in [0.25, 0.3) is 5.91 Å². The van der Waals surface area contributed by atoms with E-state index in [9.17, 15) is 9.59 Å². The van der Waals surface area contributed by atoms with Gasteiger partial charge < -0.3 is 10.2 Å². The number of carbonyl (C=O) groups excluding carboxylic acids is 2. The second kappa shape index (κ2) is 9.97. The van der Waals surface area contributed by atoms with Gasteiger partial charge in [0, 0.05) is 50.2 Å². The topological polar surface area (TPSA) is 70.5 Å². The molecule has 32 heavy (non-hydrogen) atoms. The molecule has 2 amide bonds. The van der Waals surface area contributed by atoms with Crippen molar-refractivity contribution in [3.05, 3.63) is 76.9 Å². The van der Waals surface area contributed by atoms with Gasteiger partial charge in [-0.25, -0.2) is 4.68 Å². The van der Waals surface area contributed by atoms with E-state index in [4.69, 9.17) is 11.6 Å². The van der Waals surface area contributed by atoms with Crippen LogP contribution < -0.4 is 5.32 Å². The number of hydrogen-bond acceptors (Lipinski definition) is 4. The summed E-state index contributed by atoms with van der Waals surface area (Å²) >= 11 is 5.97. The summed E-state index contributed by atoms with van der Waals surface area (Å²) in [5.41, 5.74) is 2.31. The number of amides is 2. The molecule has 0 saturated carbocycles. The third-order valence-corrected chi connectivity index (χ3v) is 5.75. The van der Waals surface area contributed by atoms with Gasteiger partial charge in [0.05, 0.1) is 5.69 Å². The summed E-state index contributed by atoms with van der Waals surface area (Å²) in [6.07, 6.45) is 0.346. The summed E-state index contributed by atoms with van der Waals surface area (Å²) in [5.74, 6) is 0.238. The number of nitrogens with zero attached hydrogens (tertiary/aromatic N) is 4. The number of halogens is 1. The first-order chi connectivity index (χ1) is 15.5. The molecule has 166 valence electrons. The van der Waals surface area contributed by atoms with Crippen LogP contribution in [0.15, 0.2) is 60.7 Å². The molecular formula is C24H26ClN5O2. The number of rotatable bonds is 6. The fourth-order valence-corrected chi connectivity index (χ4v) is 3.82. The molecule has 4 rings (SSSR count). The van der Waals surface area contributed by atoms with Crippen molar-refractivity contribution in [2.75, 3.05) is 31.5 Å². The standard InChI is InChI=1S/C24H26ClN5O2/c1-2-23(31)26-22-16-21(27-30(22)20-6-4-3-5-7-20)24(32)29-14-12-28(13-15-29)17-18-8-10-19(25)11-9-18/h3-11,16H,2,12-15,17H2,1H3,(H,26,31). The van der Waals surface area contributed by atoms with Crippen molar-refractivity contribution in [2.45, 2.75) is 19.9 Å². The normalized spacial score (nSPS) is 14.4. The summed E-state index contributed by atoms with van der Waals surface area (Å²) in [7, 11) is 0. The van der Waals surface area contributed by atoms with Gasteiger partial charge in [-0.15, -0.1) is 0 Å². The second-order valence-corrected chi connectivity index (χ2v) is 8.20. The minimum atomic E-state index is -0.128. The fraction of sp³-hybridized carbons (Fsp3) is 0.292. The summed E-state index contributed by atoms with van der Waals surface area (Å²) in [6.45, 7) is 5.44. The molecule has 0 bridgehead atoms. The number of aromatic nitrogens is 2. The Kier molecular flexibility index (Phi) is 6.87. The largest absolute Gasteiger partial charge is 0.335 e. The van der Waals surface area contributed by atoms with Crippen LogP contribution >= 0.6 is 11.6 Å². The summed E-state index contributed by atoms with van der Waals surface area (Å²) in [6, 6.07) is 19.0. The zero-order valence-electron chi connectivity index (χ0n) is 18.0. The lowest BCUT2D eigenvalue weighted by Gasteiger charge is -2.34. The average molecular weight is 452 g/mol. The Bertz CT molecular complexity index is 1070. The first-order valence-corrected chi connectivity index (χ1v) is 11.1. The Labute approximate surface area is 192 Å². The Morgan fingerprint density at radius 3 is 2.34 bits per heavy atom. The van der Waals surface area contributed by atoms with Gasteiger partial charge in [-0.3, -0.25) is 14.5 Å². The van der Waals surface area contributed by atoms with Crippen molar-refractivity contribution in [2.24, 2.45) is 0 Å². The first-order valence-electron chi connectivity index (χ1n) is 10.7. The molecule has 1 fully saturated rings.